The van der Waals surface area contributed by atoms with Gasteiger partial charge in [-0.3, -0.25) is 9.59 Å². The first-order valence-electron chi connectivity index (χ1n) is 4.24. The minimum Gasteiger partial charge on any atom is -0.464 e. The Morgan fingerprint density at radius 1 is 1.33 bits per heavy atom. The lowest BCUT2D eigenvalue weighted by Crippen LogP contribution is -2.40. The van der Waals surface area contributed by atoms with Crippen molar-refractivity contribution in [1.82, 2.24) is 5.32 Å². The molecular formula is C8H12F3NO3. The molecule has 0 heterocycles. The van der Waals surface area contributed by atoms with Crippen LogP contribution in [0.3, 0.4) is 0 Å². The van der Waals surface area contributed by atoms with Crippen LogP contribution in [0.4, 0.5) is 13.2 Å². The van der Waals surface area contributed by atoms with Gasteiger partial charge >= 0.3 is 18.1 Å². The minimum atomic E-state index is -4.97. The smallest absolute Gasteiger partial charge is 0.464 e. The first-order valence-corrected chi connectivity index (χ1v) is 4.24. The van der Waals surface area contributed by atoms with Crippen molar-refractivity contribution < 1.29 is 27.5 Å². The number of hydrogen-bond donors (Lipinski definition) is 1. The normalized spacial score (nSPS) is 11.3. The number of carbonyl (C=O) groups is 2. The molecule has 0 radical (unpaired) electrons. The second-order valence-electron chi connectivity index (χ2n) is 3.26. The van der Waals surface area contributed by atoms with E-state index < -0.39 is 24.6 Å². The molecule has 0 aromatic heterocycles. The summed E-state index contributed by atoms with van der Waals surface area (Å²) < 4.78 is 39.5. The maximum atomic E-state index is 11.6. The van der Waals surface area contributed by atoms with Crippen LogP contribution in [-0.2, 0) is 14.3 Å². The third kappa shape index (κ3) is 6.75. The zero-order valence-corrected chi connectivity index (χ0v) is 8.35. The molecule has 7 heteroatoms. The fourth-order valence-electron chi connectivity index (χ4n) is 0.563. The molecule has 0 aliphatic rings. The minimum absolute atomic E-state index is 0.0901. The summed E-state index contributed by atoms with van der Waals surface area (Å²) in [5.74, 6) is -2.95. The highest BCUT2D eigenvalue weighted by molar-refractivity contribution is 5.85. The molecule has 4 nitrogen and oxygen atoms in total. The monoisotopic (exact) mass is 227 g/mol. The first-order chi connectivity index (χ1) is 6.73. The maximum absolute atomic E-state index is 11.6. The van der Waals surface area contributed by atoms with Gasteiger partial charge in [0.25, 0.3) is 0 Å². The molecule has 0 unspecified atom stereocenters. The van der Waals surface area contributed by atoms with Gasteiger partial charge in [0, 0.05) is 0 Å². The third-order valence-electron chi connectivity index (χ3n) is 1.23. The van der Waals surface area contributed by atoms with E-state index >= 15 is 0 Å². The average molecular weight is 227 g/mol. The van der Waals surface area contributed by atoms with Gasteiger partial charge in [-0.05, 0) is 5.92 Å². The highest BCUT2D eigenvalue weighted by atomic mass is 19.4. The molecule has 0 spiro atoms. The topological polar surface area (TPSA) is 55.4 Å². The summed E-state index contributed by atoms with van der Waals surface area (Å²) in [6.07, 6.45) is -4.97. The summed E-state index contributed by atoms with van der Waals surface area (Å²) in [4.78, 5) is 21.0. The van der Waals surface area contributed by atoms with Crippen molar-refractivity contribution in [2.24, 2.45) is 5.92 Å². The van der Waals surface area contributed by atoms with Crippen LogP contribution in [0.2, 0.25) is 0 Å². The molecule has 0 rings (SSSR count). The fourth-order valence-corrected chi connectivity index (χ4v) is 0.563. The van der Waals surface area contributed by atoms with Crippen LogP contribution in [0.1, 0.15) is 13.8 Å². The van der Waals surface area contributed by atoms with Crippen molar-refractivity contribution in [1.29, 1.82) is 0 Å². The highest BCUT2D eigenvalue weighted by Gasteiger charge is 2.38. The van der Waals surface area contributed by atoms with Crippen molar-refractivity contribution in [3.05, 3.63) is 0 Å². The Labute approximate surface area is 84.8 Å². The van der Waals surface area contributed by atoms with Gasteiger partial charge in [0.2, 0.25) is 0 Å². The van der Waals surface area contributed by atoms with Gasteiger partial charge in [0.1, 0.15) is 6.54 Å². The summed E-state index contributed by atoms with van der Waals surface area (Å²) in [6.45, 7) is 2.90. The highest BCUT2D eigenvalue weighted by Crippen LogP contribution is 2.13. The summed E-state index contributed by atoms with van der Waals surface area (Å²) in [5.41, 5.74) is 0. The largest absolute Gasteiger partial charge is 0.471 e. The Balaban J connectivity index is 3.77. The van der Waals surface area contributed by atoms with E-state index in [4.69, 9.17) is 0 Å². The van der Waals surface area contributed by atoms with E-state index in [1.54, 1.807) is 13.8 Å². The van der Waals surface area contributed by atoms with Crippen molar-refractivity contribution in [2.75, 3.05) is 13.2 Å². The number of alkyl halides is 3. The lowest BCUT2D eigenvalue weighted by molar-refractivity contribution is -0.174. The SMILES string of the molecule is CC(C)COC(=O)CNC(=O)C(F)(F)F. The van der Waals surface area contributed by atoms with Crippen LogP contribution >= 0.6 is 0 Å². The lowest BCUT2D eigenvalue weighted by Gasteiger charge is -2.09. The van der Waals surface area contributed by atoms with Gasteiger partial charge in [-0.15, -0.1) is 0 Å². The average Bonchev–Trinajstić information content (AvgIpc) is 2.09. The predicted molar refractivity (Wildman–Crippen MR) is 44.9 cm³/mol. The number of rotatable bonds is 4. The molecule has 88 valence electrons. The van der Waals surface area contributed by atoms with E-state index in [0.717, 1.165) is 0 Å². The fraction of sp³-hybridized carbons (Fsp3) is 0.750. The molecule has 0 aromatic rings. The van der Waals surface area contributed by atoms with Gasteiger partial charge in [-0.1, -0.05) is 13.8 Å². The zero-order chi connectivity index (χ0) is 12.1. The quantitative estimate of drug-likeness (QED) is 0.725. The van der Waals surface area contributed by atoms with E-state index in [1.165, 1.54) is 5.32 Å². The van der Waals surface area contributed by atoms with E-state index in [2.05, 4.69) is 4.74 Å². The number of carbonyl (C=O) groups excluding carboxylic acids is 2. The summed E-state index contributed by atoms with van der Waals surface area (Å²) in [7, 11) is 0. The van der Waals surface area contributed by atoms with Crippen molar-refractivity contribution in [3.63, 3.8) is 0 Å². The first kappa shape index (κ1) is 13.7. The van der Waals surface area contributed by atoms with Crippen LogP contribution in [0.25, 0.3) is 0 Å². The Kier molecular flexibility index (Phi) is 5.10. The molecule has 0 bridgehead atoms. The number of amides is 1. The van der Waals surface area contributed by atoms with E-state index in [-0.39, 0.29) is 12.5 Å². The van der Waals surface area contributed by atoms with Crippen LogP contribution in [0.5, 0.6) is 0 Å². The Hall–Kier alpha value is -1.27. The summed E-state index contributed by atoms with van der Waals surface area (Å²) >= 11 is 0. The number of esters is 1. The molecule has 0 saturated carbocycles. The number of halogens is 3. The molecule has 0 aromatic carbocycles. The maximum Gasteiger partial charge on any atom is 0.471 e. The van der Waals surface area contributed by atoms with Gasteiger partial charge in [0.05, 0.1) is 6.61 Å². The Bertz CT molecular complexity index is 238. The molecule has 1 amide bonds. The van der Waals surface area contributed by atoms with Gasteiger partial charge in [0.15, 0.2) is 0 Å². The van der Waals surface area contributed by atoms with Crippen LogP contribution in [0, 0.1) is 5.92 Å². The lowest BCUT2D eigenvalue weighted by atomic mass is 10.2. The molecule has 0 saturated heterocycles. The number of ether oxygens (including phenoxy) is 1. The van der Waals surface area contributed by atoms with Crippen LogP contribution in [-0.4, -0.2) is 31.2 Å². The van der Waals surface area contributed by atoms with Gasteiger partial charge in [-0.25, -0.2) is 0 Å². The van der Waals surface area contributed by atoms with Gasteiger partial charge in [-0.2, -0.15) is 13.2 Å². The predicted octanol–water partition coefficient (Wildman–Crippen LogP) is 0.864. The van der Waals surface area contributed by atoms with Gasteiger partial charge < -0.3 is 10.1 Å². The number of nitrogens with one attached hydrogen (secondary N) is 1. The summed E-state index contributed by atoms with van der Waals surface area (Å²) in [5, 5.41) is 1.41. The molecule has 1 N–H and O–H groups in total. The molecule has 0 aliphatic heterocycles. The molecule has 0 atom stereocenters. The second-order valence-corrected chi connectivity index (χ2v) is 3.26. The van der Waals surface area contributed by atoms with Crippen molar-refractivity contribution in [3.8, 4) is 0 Å². The van der Waals surface area contributed by atoms with E-state index in [9.17, 15) is 22.8 Å². The molecule has 0 aliphatic carbocycles. The third-order valence-corrected chi connectivity index (χ3v) is 1.23. The molecular weight excluding hydrogens is 215 g/mol. The molecule has 0 fully saturated rings. The Morgan fingerprint density at radius 2 is 1.87 bits per heavy atom. The summed E-state index contributed by atoms with van der Waals surface area (Å²) in [6, 6.07) is 0. The van der Waals surface area contributed by atoms with Crippen molar-refractivity contribution >= 4 is 11.9 Å². The number of hydrogen-bond acceptors (Lipinski definition) is 3. The standard InChI is InChI=1S/C8H12F3NO3/c1-5(2)4-15-6(13)3-12-7(14)8(9,10)11/h5H,3-4H2,1-2H3,(H,12,14). The van der Waals surface area contributed by atoms with Crippen LogP contribution in [0.15, 0.2) is 0 Å². The molecule has 15 heavy (non-hydrogen) atoms. The van der Waals surface area contributed by atoms with E-state index in [1.807, 2.05) is 0 Å². The van der Waals surface area contributed by atoms with E-state index in [0.29, 0.717) is 0 Å². The Morgan fingerprint density at radius 3 is 2.27 bits per heavy atom. The van der Waals surface area contributed by atoms with Crippen LogP contribution < -0.4 is 5.32 Å². The van der Waals surface area contributed by atoms with Crippen molar-refractivity contribution in [2.45, 2.75) is 20.0 Å². The second kappa shape index (κ2) is 5.57. The zero-order valence-electron chi connectivity index (χ0n) is 8.35.